The molecule has 1 amide bonds. The average Bonchev–Trinajstić information content (AvgIpc) is 2.73. The Balaban J connectivity index is 2.25. The Bertz CT molecular complexity index is 606. The Morgan fingerprint density at radius 3 is 2.95 bits per heavy atom. The van der Waals surface area contributed by atoms with Gasteiger partial charge in [0.05, 0.1) is 6.10 Å². The van der Waals surface area contributed by atoms with E-state index in [2.05, 4.69) is 21.2 Å². The molecule has 0 saturated heterocycles. The van der Waals surface area contributed by atoms with Crippen molar-refractivity contribution < 1.29 is 14.3 Å². The van der Waals surface area contributed by atoms with Crippen LogP contribution in [-0.2, 0) is 0 Å². The first kappa shape index (κ1) is 14.1. The van der Waals surface area contributed by atoms with Crippen LogP contribution < -0.4 is 5.32 Å². The van der Waals surface area contributed by atoms with Gasteiger partial charge in [-0.15, -0.1) is 0 Å². The van der Waals surface area contributed by atoms with E-state index in [4.69, 9.17) is 4.42 Å². The first-order valence-electron chi connectivity index (χ1n) is 6.17. The Morgan fingerprint density at radius 1 is 1.53 bits per heavy atom. The van der Waals surface area contributed by atoms with Crippen LogP contribution in [0.4, 0.5) is 0 Å². The highest BCUT2D eigenvalue weighted by atomic mass is 79.9. The molecule has 0 bridgehead atoms. The van der Waals surface area contributed by atoms with E-state index in [9.17, 15) is 9.90 Å². The number of benzene rings is 1. The Kier molecular flexibility index (Phi) is 4.27. The standard InChI is InChI=1S/C14H16BrNO3/c1-3-10(17)7-16-14(18)13-8(2)11-6-9(15)4-5-12(11)19-13/h4-6,10,17H,3,7H2,1-2H3,(H,16,18). The minimum atomic E-state index is -0.525. The van der Waals surface area contributed by atoms with E-state index >= 15 is 0 Å². The zero-order valence-corrected chi connectivity index (χ0v) is 12.5. The van der Waals surface area contributed by atoms with Crippen LogP contribution in [0.3, 0.4) is 0 Å². The maximum absolute atomic E-state index is 12.0. The zero-order valence-electron chi connectivity index (χ0n) is 10.9. The number of aliphatic hydroxyl groups is 1. The summed E-state index contributed by atoms with van der Waals surface area (Å²) in [6.45, 7) is 3.94. The molecule has 0 saturated carbocycles. The fourth-order valence-electron chi connectivity index (χ4n) is 1.84. The minimum absolute atomic E-state index is 0.232. The van der Waals surface area contributed by atoms with Crippen LogP contribution >= 0.6 is 15.9 Å². The van der Waals surface area contributed by atoms with Crippen molar-refractivity contribution in [1.82, 2.24) is 5.32 Å². The summed E-state index contributed by atoms with van der Waals surface area (Å²) in [5, 5.41) is 13.0. The summed E-state index contributed by atoms with van der Waals surface area (Å²) in [6.07, 6.45) is 0.0783. The predicted molar refractivity (Wildman–Crippen MR) is 77.3 cm³/mol. The van der Waals surface area contributed by atoms with Crippen LogP contribution in [0.5, 0.6) is 0 Å². The number of aryl methyl sites for hydroxylation is 1. The molecule has 0 fully saturated rings. The quantitative estimate of drug-likeness (QED) is 0.908. The molecule has 1 aromatic heterocycles. The van der Waals surface area contributed by atoms with Crippen molar-refractivity contribution in [3.8, 4) is 0 Å². The fraction of sp³-hybridized carbons (Fsp3) is 0.357. The van der Waals surface area contributed by atoms with Crippen molar-refractivity contribution in [2.24, 2.45) is 0 Å². The van der Waals surface area contributed by atoms with Gasteiger partial charge in [-0.1, -0.05) is 22.9 Å². The monoisotopic (exact) mass is 325 g/mol. The molecule has 1 heterocycles. The number of halogens is 1. The Morgan fingerprint density at radius 2 is 2.26 bits per heavy atom. The number of fused-ring (bicyclic) bond motifs is 1. The summed E-state index contributed by atoms with van der Waals surface area (Å²) in [6, 6.07) is 5.61. The van der Waals surface area contributed by atoms with Crippen molar-refractivity contribution in [3.05, 3.63) is 34.0 Å². The number of aliphatic hydroxyl groups excluding tert-OH is 1. The number of carbonyl (C=O) groups excluding carboxylic acids is 1. The lowest BCUT2D eigenvalue weighted by Crippen LogP contribution is -2.31. The fourth-order valence-corrected chi connectivity index (χ4v) is 2.21. The van der Waals surface area contributed by atoms with Gasteiger partial charge in [-0.25, -0.2) is 0 Å². The van der Waals surface area contributed by atoms with E-state index in [1.54, 1.807) is 0 Å². The van der Waals surface area contributed by atoms with Crippen LogP contribution in [0.1, 0.15) is 29.5 Å². The van der Waals surface area contributed by atoms with Gasteiger partial charge in [-0.3, -0.25) is 4.79 Å². The number of hydrogen-bond donors (Lipinski definition) is 2. The number of nitrogens with one attached hydrogen (secondary N) is 1. The lowest BCUT2D eigenvalue weighted by molar-refractivity contribution is 0.0888. The Hall–Kier alpha value is -1.33. The minimum Gasteiger partial charge on any atom is -0.451 e. The van der Waals surface area contributed by atoms with Gasteiger partial charge in [0.1, 0.15) is 5.58 Å². The van der Waals surface area contributed by atoms with Gasteiger partial charge in [0, 0.05) is 22.0 Å². The van der Waals surface area contributed by atoms with E-state index in [1.807, 2.05) is 32.0 Å². The predicted octanol–water partition coefficient (Wildman–Crippen LogP) is 3.00. The molecule has 2 N–H and O–H groups in total. The summed E-state index contributed by atoms with van der Waals surface area (Å²) < 4.78 is 6.51. The second-order valence-corrected chi connectivity index (χ2v) is 5.38. The van der Waals surface area contributed by atoms with Crippen LogP contribution in [-0.4, -0.2) is 23.7 Å². The number of hydrogen-bond acceptors (Lipinski definition) is 3. The molecule has 19 heavy (non-hydrogen) atoms. The number of amides is 1. The largest absolute Gasteiger partial charge is 0.451 e. The highest BCUT2D eigenvalue weighted by Crippen LogP contribution is 2.27. The third-order valence-electron chi connectivity index (χ3n) is 3.07. The van der Waals surface area contributed by atoms with Gasteiger partial charge >= 0.3 is 0 Å². The molecule has 5 heteroatoms. The molecule has 1 unspecified atom stereocenters. The molecular weight excluding hydrogens is 310 g/mol. The molecule has 102 valence electrons. The summed E-state index contributed by atoms with van der Waals surface area (Å²) in [5.74, 6) is 0.00808. The average molecular weight is 326 g/mol. The van der Waals surface area contributed by atoms with Crippen LogP contribution in [0.2, 0.25) is 0 Å². The smallest absolute Gasteiger partial charge is 0.287 e. The summed E-state index contributed by atoms with van der Waals surface area (Å²) in [7, 11) is 0. The zero-order chi connectivity index (χ0) is 14.0. The molecular formula is C14H16BrNO3. The Labute approximate surface area is 119 Å². The van der Waals surface area contributed by atoms with Gasteiger partial charge in [0.15, 0.2) is 5.76 Å². The molecule has 0 radical (unpaired) electrons. The van der Waals surface area contributed by atoms with Crippen molar-refractivity contribution in [2.75, 3.05) is 6.54 Å². The first-order chi connectivity index (χ1) is 9.02. The molecule has 1 aromatic carbocycles. The highest BCUT2D eigenvalue weighted by Gasteiger charge is 2.18. The van der Waals surface area contributed by atoms with E-state index in [-0.39, 0.29) is 12.5 Å². The first-order valence-corrected chi connectivity index (χ1v) is 6.97. The number of furan rings is 1. The van der Waals surface area contributed by atoms with Gasteiger partial charge < -0.3 is 14.8 Å². The summed E-state index contributed by atoms with van der Waals surface area (Å²) in [5.41, 5.74) is 1.49. The molecule has 4 nitrogen and oxygen atoms in total. The topological polar surface area (TPSA) is 62.5 Å². The SMILES string of the molecule is CCC(O)CNC(=O)c1oc2ccc(Br)cc2c1C. The molecule has 2 rings (SSSR count). The second-order valence-electron chi connectivity index (χ2n) is 4.47. The van der Waals surface area contributed by atoms with Crippen LogP contribution in [0.15, 0.2) is 27.1 Å². The van der Waals surface area contributed by atoms with Crippen molar-refractivity contribution in [2.45, 2.75) is 26.4 Å². The van der Waals surface area contributed by atoms with Crippen molar-refractivity contribution in [3.63, 3.8) is 0 Å². The normalized spacial score (nSPS) is 12.6. The molecule has 0 aliphatic rings. The van der Waals surface area contributed by atoms with Crippen LogP contribution in [0.25, 0.3) is 11.0 Å². The van der Waals surface area contributed by atoms with Crippen molar-refractivity contribution in [1.29, 1.82) is 0 Å². The summed E-state index contributed by atoms with van der Waals surface area (Å²) in [4.78, 5) is 12.0. The van der Waals surface area contributed by atoms with Crippen LogP contribution in [0, 0.1) is 6.92 Å². The maximum Gasteiger partial charge on any atom is 0.287 e. The lowest BCUT2D eigenvalue weighted by atomic mass is 10.1. The number of rotatable bonds is 4. The summed E-state index contributed by atoms with van der Waals surface area (Å²) >= 11 is 3.40. The second kappa shape index (κ2) is 5.75. The number of carbonyl (C=O) groups is 1. The molecule has 2 aromatic rings. The molecule has 0 aliphatic heterocycles. The lowest BCUT2D eigenvalue weighted by Gasteiger charge is -2.08. The van der Waals surface area contributed by atoms with Gasteiger partial charge in [0.2, 0.25) is 0 Å². The third-order valence-corrected chi connectivity index (χ3v) is 3.57. The van der Waals surface area contributed by atoms with Gasteiger partial charge in [-0.2, -0.15) is 0 Å². The van der Waals surface area contributed by atoms with E-state index in [0.29, 0.717) is 17.8 Å². The highest BCUT2D eigenvalue weighted by molar-refractivity contribution is 9.10. The van der Waals surface area contributed by atoms with Gasteiger partial charge in [-0.05, 0) is 31.5 Å². The van der Waals surface area contributed by atoms with E-state index in [1.165, 1.54) is 0 Å². The van der Waals surface area contributed by atoms with Crippen molar-refractivity contribution >= 4 is 32.8 Å². The van der Waals surface area contributed by atoms with E-state index < -0.39 is 6.10 Å². The molecule has 1 atom stereocenters. The third kappa shape index (κ3) is 2.98. The molecule has 0 aliphatic carbocycles. The maximum atomic E-state index is 12.0. The van der Waals surface area contributed by atoms with E-state index in [0.717, 1.165) is 15.4 Å². The molecule has 0 spiro atoms. The van der Waals surface area contributed by atoms with Gasteiger partial charge in [0.25, 0.3) is 5.91 Å².